The van der Waals surface area contributed by atoms with Crippen molar-refractivity contribution in [3.8, 4) is 5.75 Å². The molecule has 0 aliphatic carbocycles. The molecule has 0 N–H and O–H groups in total. The fourth-order valence-electron chi connectivity index (χ4n) is 1.85. The van der Waals surface area contributed by atoms with Gasteiger partial charge in [-0.1, -0.05) is 11.6 Å². The molecular formula is C15H15ClO5. The van der Waals surface area contributed by atoms with Crippen LogP contribution in [0.3, 0.4) is 0 Å². The minimum atomic E-state index is -1.26. The van der Waals surface area contributed by atoms with E-state index in [2.05, 4.69) is 0 Å². The van der Waals surface area contributed by atoms with Crippen LogP contribution in [-0.2, 0) is 19.1 Å². The van der Waals surface area contributed by atoms with Crippen LogP contribution in [0.2, 0.25) is 5.02 Å². The van der Waals surface area contributed by atoms with Gasteiger partial charge in [-0.25, -0.2) is 9.59 Å². The predicted molar refractivity (Wildman–Crippen MR) is 76.9 cm³/mol. The summed E-state index contributed by atoms with van der Waals surface area (Å²) in [6, 6.07) is 4.93. The molecule has 1 aromatic carbocycles. The van der Waals surface area contributed by atoms with Crippen LogP contribution >= 0.6 is 11.6 Å². The Morgan fingerprint density at radius 2 is 1.86 bits per heavy atom. The average molecular weight is 311 g/mol. The largest absolute Gasteiger partial charge is 0.493 e. The highest BCUT2D eigenvalue weighted by Crippen LogP contribution is 2.29. The van der Waals surface area contributed by atoms with E-state index in [9.17, 15) is 9.59 Å². The number of carbonyl (C=O) groups excluding carboxylic acids is 2. The highest BCUT2D eigenvalue weighted by Gasteiger charge is 2.38. The van der Waals surface area contributed by atoms with Gasteiger partial charge in [0.1, 0.15) is 11.3 Å². The lowest BCUT2D eigenvalue weighted by Gasteiger charge is -2.29. The second-order valence-corrected chi connectivity index (χ2v) is 5.29. The molecule has 0 atom stereocenters. The summed E-state index contributed by atoms with van der Waals surface area (Å²) < 4.78 is 15.5. The van der Waals surface area contributed by atoms with Crippen molar-refractivity contribution in [3.05, 3.63) is 34.4 Å². The minimum Gasteiger partial charge on any atom is -0.493 e. The SMILES string of the molecule is CCOc1ccc(Cl)cc1C=C1C(=O)OC(C)(C)OC1=O. The molecule has 1 aliphatic rings. The van der Waals surface area contributed by atoms with Crippen LogP contribution in [0.15, 0.2) is 23.8 Å². The van der Waals surface area contributed by atoms with Crippen molar-refractivity contribution in [3.63, 3.8) is 0 Å². The summed E-state index contributed by atoms with van der Waals surface area (Å²) in [5.74, 6) is -2.22. The lowest BCUT2D eigenvalue weighted by atomic mass is 10.1. The van der Waals surface area contributed by atoms with Gasteiger partial charge in [-0.2, -0.15) is 0 Å². The maximum absolute atomic E-state index is 11.9. The molecule has 0 radical (unpaired) electrons. The van der Waals surface area contributed by atoms with Gasteiger partial charge in [0.05, 0.1) is 6.61 Å². The van der Waals surface area contributed by atoms with Crippen molar-refractivity contribution >= 4 is 29.6 Å². The number of rotatable bonds is 3. The first-order chi connectivity index (χ1) is 9.82. The number of ether oxygens (including phenoxy) is 3. The molecule has 1 aliphatic heterocycles. The Bertz CT molecular complexity index is 596. The van der Waals surface area contributed by atoms with Gasteiger partial charge in [-0.3, -0.25) is 0 Å². The number of hydrogen-bond donors (Lipinski definition) is 0. The highest BCUT2D eigenvalue weighted by molar-refractivity contribution is 6.30. The van der Waals surface area contributed by atoms with E-state index < -0.39 is 17.7 Å². The number of carbonyl (C=O) groups is 2. The van der Waals surface area contributed by atoms with Gasteiger partial charge in [-0.15, -0.1) is 0 Å². The molecule has 6 heteroatoms. The van der Waals surface area contributed by atoms with Gasteiger partial charge >= 0.3 is 11.9 Å². The fourth-order valence-corrected chi connectivity index (χ4v) is 2.03. The molecule has 0 saturated carbocycles. The number of halogens is 1. The molecule has 0 bridgehead atoms. The third kappa shape index (κ3) is 3.55. The van der Waals surface area contributed by atoms with Crippen LogP contribution in [-0.4, -0.2) is 24.3 Å². The second-order valence-electron chi connectivity index (χ2n) is 4.85. The van der Waals surface area contributed by atoms with Crippen LogP contribution in [0.1, 0.15) is 26.3 Å². The molecule has 1 aromatic rings. The molecule has 1 fully saturated rings. The summed E-state index contributed by atoms with van der Waals surface area (Å²) >= 11 is 5.94. The third-order valence-electron chi connectivity index (χ3n) is 2.69. The fraction of sp³-hybridized carbons (Fsp3) is 0.333. The van der Waals surface area contributed by atoms with Crippen LogP contribution in [0.5, 0.6) is 5.75 Å². The molecule has 21 heavy (non-hydrogen) atoms. The third-order valence-corrected chi connectivity index (χ3v) is 2.92. The van der Waals surface area contributed by atoms with Gasteiger partial charge < -0.3 is 14.2 Å². The molecule has 0 spiro atoms. The first kappa shape index (κ1) is 15.4. The number of benzene rings is 1. The van der Waals surface area contributed by atoms with Crippen LogP contribution in [0, 0.1) is 0 Å². The Kier molecular flexibility index (Phi) is 4.23. The molecular weight excluding hydrogens is 296 g/mol. The van der Waals surface area contributed by atoms with Gasteiger partial charge in [-0.05, 0) is 31.2 Å². The van der Waals surface area contributed by atoms with Crippen molar-refractivity contribution in [1.29, 1.82) is 0 Å². The van der Waals surface area contributed by atoms with Gasteiger partial charge in [0.25, 0.3) is 5.79 Å². The predicted octanol–water partition coefficient (Wildman–Crippen LogP) is 2.96. The maximum atomic E-state index is 11.9. The topological polar surface area (TPSA) is 61.8 Å². The molecule has 2 rings (SSSR count). The monoisotopic (exact) mass is 310 g/mol. The van der Waals surface area contributed by atoms with E-state index in [1.807, 2.05) is 6.92 Å². The van der Waals surface area contributed by atoms with Gasteiger partial charge in [0.2, 0.25) is 0 Å². The van der Waals surface area contributed by atoms with Crippen LogP contribution < -0.4 is 4.74 Å². The zero-order chi connectivity index (χ0) is 15.6. The summed E-state index contributed by atoms with van der Waals surface area (Å²) in [7, 11) is 0. The summed E-state index contributed by atoms with van der Waals surface area (Å²) in [4.78, 5) is 23.8. The molecule has 0 unspecified atom stereocenters. The van der Waals surface area contributed by atoms with E-state index in [0.29, 0.717) is 22.9 Å². The standard InChI is InChI=1S/C15H15ClO5/c1-4-19-12-6-5-10(16)7-9(12)8-11-13(17)20-15(2,3)21-14(11)18/h5-8H,4H2,1-3H3. The smallest absolute Gasteiger partial charge is 0.348 e. The second kappa shape index (κ2) is 5.77. The summed E-state index contributed by atoms with van der Waals surface area (Å²) in [5.41, 5.74) is 0.311. The van der Waals surface area contributed by atoms with Crippen molar-refractivity contribution in [2.45, 2.75) is 26.6 Å². The van der Waals surface area contributed by atoms with Crippen LogP contribution in [0.25, 0.3) is 6.08 Å². The number of cyclic esters (lactones) is 2. The first-order valence-electron chi connectivity index (χ1n) is 6.43. The molecule has 0 amide bonds. The molecule has 1 saturated heterocycles. The van der Waals surface area contributed by atoms with Crippen LogP contribution in [0.4, 0.5) is 0 Å². The summed E-state index contributed by atoms with van der Waals surface area (Å²) in [6.45, 7) is 5.26. The molecule has 1 heterocycles. The average Bonchev–Trinajstić information content (AvgIpc) is 2.36. The lowest BCUT2D eigenvalue weighted by molar-refractivity contribution is -0.222. The number of hydrogen-bond acceptors (Lipinski definition) is 5. The first-order valence-corrected chi connectivity index (χ1v) is 6.81. The zero-order valence-electron chi connectivity index (χ0n) is 11.9. The van der Waals surface area contributed by atoms with Crippen molar-refractivity contribution in [2.24, 2.45) is 0 Å². The molecule has 112 valence electrons. The Morgan fingerprint density at radius 3 is 2.43 bits per heavy atom. The lowest BCUT2D eigenvalue weighted by Crippen LogP contribution is -2.41. The summed E-state index contributed by atoms with van der Waals surface area (Å²) in [6.07, 6.45) is 1.36. The van der Waals surface area contributed by atoms with E-state index in [4.69, 9.17) is 25.8 Å². The van der Waals surface area contributed by atoms with E-state index in [1.54, 1.807) is 18.2 Å². The normalized spacial score (nSPS) is 17.0. The Morgan fingerprint density at radius 1 is 1.24 bits per heavy atom. The molecule has 0 aromatic heterocycles. The summed E-state index contributed by atoms with van der Waals surface area (Å²) in [5, 5.41) is 0.461. The maximum Gasteiger partial charge on any atom is 0.348 e. The van der Waals surface area contributed by atoms with Gasteiger partial charge in [0.15, 0.2) is 0 Å². The molecule has 5 nitrogen and oxygen atoms in total. The van der Waals surface area contributed by atoms with E-state index in [1.165, 1.54) is 19.9 Å². The Balaban J connectivity index is 2.41. The minimum absolute atomic E-state index is 0.197. The van der Waals surface area contributed by atoms with Crippen molar-refractivity contribution in [1.82, 2.24) is 0 Å². The van der Waals surface area contributed by atoms with E-state index >= 15 is 0 Å². The quantitative estimate of drug-likeness (QED) is 0.488. The van der Waals surface area contributed by atoms with E-state index in [0.717, 1.165) is 0 Å². The zero-order valence-corrected chi connectivity index (χ0v) is 12.7. The Hall–Kier alpha value is -2.01. The van der Waals surface area contributed by atoms with Crippen molar-refractivity contribution < 1.29 is 23.8 Å². The van der Waals surface area contributed by atoms with E-state index in [-0.39, 0.29) is 5.57 Å². The highest BCUT2D eigenvalue weighted by atomic mass is 35.5. The van der Waals surface area contributed by atoms with Gasteiger partial charge in [0, 0.05) is 24.4 Å². The number of esters is 2. The van der Waals surface area contributed by atoms with Crippen molar-refractivity contribution in [2.75, 3.05) is 6.61 Å². The Labute approximate surface area is 127 Å².